The van der Waals surface area contributed by atoms with Gasteiger partial charge in [0.15, 0.2) is 16.6 Å². The van der Waals surface area contributed by atoms with Gasteiger partial charge in [0.1, 0.15) is 11.9 Å². The summed E-state index contributed by atoms with van der Waals surface area (Å²) in [5, 5.41) is 2.94. The Kier molecular flexibility index (Phi) is 14.5. The number of rotatable bonds is 6. The predicted octanol–water partition coefficient (Wildman–Crippen LogP) is 11.3. The Morgan fingerprint density at radius 2 is 1.56 bits per heavy atom. The third-order valence-electron chi connectivity index (χ3n) is 11.4. The molecule has 5 unspecified atom stereocenters. The number of carbonyl (C=O) groups is 2. The first-order chi connectivity index (χ1) is 21.7. The Balaban J connectivity index is 2.66. The average molecular weight is 720 g/mol. The van der Waals surface area contributed by atoms with E-state index < -0.39 is 34.3 Å². The van der Waals surface area contributed by atoms with Crippen LogP contribution in [0.2, 0.25) is 36.3 Å². The van der Waals surface area contributed by atoms with E-state index in [2.05, 4.69) is 92.6 Å². The van der Waals surface area contributed by atoms with Crippen LogP contribution in [-0.2, 0) is 23.2 Å². The van der Waals surface area contributed by atoms with E-state index in [0.29, 0.717) is 6.42 Å². The summed E-state index contributed by atoms with van der Waals surface area (Å²) in [5.41, 5.74) is 2.15. The monoisotopic (exact) mass is 719 g/mol. The zero-order valence-electron chi connectivity index (χ0n) is 33.6. The van der Waals surface area contributed by atoms with Crippen molar-refractivity contribution < 1.29 is 23.2 Å². The molecule has 0 aromatic carbocycles. The number of ether oxygens (including phenoxy) is 1. The molecule has 2 rings (SSSR count). The summed E-state index contributed by atoms with van der Waals surface area (Å²) < 4.78 is 20.5. The second-order valence-electron chi connectivity index (χ2n) is 18.1. The third kappa shape index (κ3) is 11.3. The SMILES string of the molecule is C/C1=C\CC(/C(C)=C/c2csc(C)n2)OC(=O)CC(O[Si](C)(C)C(C)(C)C)C(C)(C)C(=O)C(C)C(O[Si](C)(C)C(C)(C)C)C(C)CCC1. The number of carbonyl (C=O) groups excluding carboxylic acids is 2. The van der Waals surface area contributed by atoms with Crippen molar-refractivity contribution in [3.8, 4) is 0 Å². The van der Waals surface area contributed by atoms with Gasteiger partial charge in [-0.3, -0.25) is 9.59 Å². The van der Waals surface area contributed by atoms with E-state index in [4.69, 9.17) is 13.6 Å². The molecule has 2 heterocycles. The Labute approximate surface area is 300 Å². The van der Waals surface area contributed by atoms with Crippen LogP contribution in [0, 0.1) is 24.2 Å². The minimum atomic E-state index is -2.39. The summed E-state index contributed by atoms with van der Waals surface area (Å²) in [6, 6.07) is 0. The summed E-state index contributed by atoms with van der Waals surface area (Å²) in [5.74, 6) is -0.433. The van der Waals surface area contributed by atoms with Gasteiger partial charge in [0.05, 0.1) is 29.3 Å². The van der Waals surface area contributed by atoms with E-state index in [-0.39, 0.29) is 46.2 Å². The van der Waals surface area contributed by atoms with Crippen LogP contribution in [-0.4, -0.2) is 51.7 Å². The van der Waals surface area contributed by atoms with Crippen molar-refractivity contribution in [2.45, 2.75) is 177 Å². The lowest BCUT2D eigenvalue weighted by molar-refractivity contribution is -0.153. The molecule has 0 bridgehead atoms. The van der Waals surface area contributed by atoms with Crippen LogP contribution in [0.15, 0.2) is 22.6 Å². The molecule has 5 atom stereocenters. The number of cyclic esters (lactones) is 1. The van der Waals surface area contributed by atoms with Crippen molar-refractivity contribution in [2.24, 2.45) is 17.3 Å². The first kappa shape index (κ1) is 42.8. The van der Waals surface area contributed by atoms with Crippen molar-refractivity contribution in [2.75, 3.05) is 0 Å². The molecule has 1 aromatic heterocycles. The van der Waals surface area contributed by atoms with Gasteiger partial charge < -0.3 is 13.6 Å². The number of hydrogen-bond donors (Lipinski definition) is 0. The largest absolute Gasteiger partial charge is 0.457 e. The number of aryl methyl sites for hydroxylation is 1. The topological polar surface area (TPSA) is 74.7 Å². The maximum Gasteiger partial charge on any atom is 0.309 e. The second-order valence-corrected chi connectivity index (χ2v) is 28.7. The lowest BCUT2D eigenvalue weighted by Gasteiger charge is -2.46. The van der Waals surface area contributed by atoms with Crippen LogP contribution in [0.25, 0.3) is 6.08 Å². The van der Waals surface area contributed by atoms with Crippen molar-refractivity contribution in [3.63, 3.8) is 0 Å². The number of nitrogens with zero attached hydrogens (tertiary/aromatic N) is 1. The molecule has 9 heteroatoms. The molecule has 0 spiro atoms. The summed E-state index contributed by atoms with van der Waals surface area (Å²) >= 11 is 1.61. The van der Waals surface area contributed by atoms with Gasteiger partial charge >= 0.3 is 5.97 Å². The highest BCUT2D eigenvalue weighted by Crippen LogP contribution is 2.44. The molecule has 0 N–H and O–H groups in total. The van der Waals surface area contributed by atoms with Crippen molar-refractivity contribution in [1.29, 1.82) is 0 Å². The fraction of sp³-hybridized carbons (Fsp3) is 0.769. The first-order valence-electron chi connectivity index (χ1n) is 18.0. The standard InChI is InChI=1S/C39H69NO5SSi2/c1-26-19-18-20-27(2)35(45-48(16,17)38(9,10)11)29(4)36(42)39(12,13)33(44-47(14,15)37(6,7)8)24-34(41)43-32(22-21-26)28(3)23-31-25-46-30(5)40-31/h21,23,25,27,29,32-33,35H,18-20,22,24H2,1-17H3/b26-21+,28-23+. The number of esters is 1. The lowest BCUT2D eigenvalue weighted by Crippen LogP contribution is -2.54. The van der Waals surface area contributed by atoms with Gasteiger partial charge in [-0.05, 0) is 93.9 Å². The number of ketones is 1. The molecule has 1 aromatic rings. The van der Waals surface area contributed by atoms with E-state index in [1.165, 1.54) is 5.57 Å². The van der Waals surface area contributed by atoms with Crippen molar-refractivity contribution >= 4 is 45.8 Å². The van der Waals surface area contributed by atoms with Gasteiger partial charge in [0, 0.05) is 23.1 Å². The molecule has 0 radical (unpaired) electrons. The molecule has 274 valence electrons. The summed E-state index contributed by atoms with van der Waals surface area (Å²) in [4.78, 5) is 33.4. The highest BCUT2D eigenvalue weighted by Gasteiger charge is 2.50. The molecule has 0 saturated carbocycles. The second kappa shape index (κ2) is 16.3. The quantitative estimate of drug-likeness (QED) is 0.165. The molecule has 0 aliphatic carbocycles. The normalized spacial score (nSPS) is 27.7. The number of hydrogen-bond acceptors (Lipinski definition) is 7. The first-order valence-corrected chi connectivity index (χ1v) is 24.7. The van der Waals surface area contributed by atoms with Crippen LogP contribution in [0.1, 0.15) is 126 Å². The van der Waals surface area contributed by atoms with Crippen LogP contribution in [0.3, 0.4) is 0 Å². The molecule has 0 fully saturated rings. The fourth-order valence-electron chi connectivity index (χ4n) is 5.83. The van der Waals surface area contributed by atoms with Crippen molar-refractivity contribution in [3.05, 3.63) is 33.3 Å². The highest BCUT2D eigenvalue weighted by molar-refractivity contribution is 7.09. The Morgan fingerprint density at radius 3 is 2.08 bits per heavy atom. The minimum Gasteiger partial charge on any atom is -0.457 e. The molecular weight excluding hydrogens is 651 g/mol. The van der Waals surface area contributed by atoms with Gasteiger partial charge in [-0.15, -0.1) is 11.3 Å². The van der Waals surface area contributed by atoms with E-state index >= 15 is 0 Å². The third-order valence-corrected chi connectivity index (χ3v) is 21.2. The zero-order chi connectivity index (χ0) is 37.0. The molecular formula is C39H69NO5SSi2. The number of thiazole rings is 1. The van der Waals surface area contributed by atoms with Gasteiger partial charge in [0.2, 0.25) is 0 Å². The van der Waals surface area contributed by atoms with Crippen molar-refractivity contribution in [1.82, 2.24) is 4.98 Å². The maximum absolute atomic E-state index is 14.8. The van der Waals surface area contributed by atoms with E-state index in [1.54, 1.807) is 11.3 Å². The number of allylic oxidation sites excluding steroid dienone is 1. The highest BCUT2D eigenvalue weighted by atomic mass is 32.1. The number of Topliss-reactive ketones (excluding diaryl/α,β-unsaturated/α-hetero) is 1. The van der Waals surface area contributed by atoms with Crippen LogP contribution in [0.5, 0.6) is 0 Å². The summed E-state index contributed by atoms with van der Waals surface area (Å²) in [6.45, 7) is 36.6. The average Bonchev–Trinajstić information content (AvgIpc) is 3.34. The molecule has 1 aliphatic heterocycles. The Morgan fingerprint density at radius 1 is 1.00 bits per heavy atom. The summed E-state index contributed by atoms with van der Waals surface area (Å²) in [6.07, 6.45) is 6.45. The molecule has 48 heavy (non-hydrogen) atoms. The molecule has 1 aliphatic rings. The van der Waals surface area contributed by atoms with E-state index in [1.807, 2.05) is 46.1 Å². The fourth-order valence-corrected chi connectivity index (χ4v) is 9.32. The Hall–Kier alpha value is -1.40. The maximum atomic E-state index is 14.8. The van der Waals surface area contributed by atoms with Crippen LogP contribution < -0.4 is 0 Å². The molecule has 0 amide bonds. The van der Waals surface area contributed by atoms with Gasteiger partial charge in [0.25, 0.3) is 0 Å². The van der Waals surface area contributed by atoms with Crippen LogP contribution in [0.4, 0.5) is 0 Å². The smallest absolute Gasteiger partial charge is 0.309 e. The van der Waals surface area contributed by atoms with E-state index in [0.717, 1.165) is 35.5 Å². The summed E-state index contributed by atoms with van der Waals surface area (Å²) in [7, 11) is -4.58. The van der Waals surface area contributed by atoms with E-state index in [9.17, 15) is 9.59 Å². The van der Waals surface area contributed by atoms with Gasteiger partial charge in [-0.25, -0.2) is 4.98 Å². The Bertz CT molecular complexity index is 1310. The lowest BCUT2D eigenvalue weighted by atomic mass is 9.73. The molecule has 6 nitrogen and oxygen atoms in total. The van der Waals surface area contributed by atoms with Gasteiger partial charge in [-0.1, -0.05) is 80.9 Å². The number of aromatic nitrogens is 1. The minimum absolute atomic E-state index is 0.00354. The van der Waals surface area contributed by atoms with Gasteiger partial charge in [-0.2, -0.15) is 0 Å². The van der Waals surface area contributed by atoms with Crippen LogP contribution >= 0.6 is 11.3 Å². The zero-order valence-corrected chi connectivity index (χ0v) is 36.4. The predicted molar refractivity (Wildman–Crippen MR) is 208 cm³/mol. The molecule has 0 saturated heterocycles.